The third-order valence-corrected chi connectivity index (χ3v) is 4.85. The molecule has 0 heterocycles. The fraction of sp³-hybridized carbons (Fsp3) is 0.381. The summed E-state index contributed by atoms with van der Waals surface area (Å²) >= 11 is 0. The number of hydrogen-bond donors (Lipinski definition) is 2. The molecule has 3 rings (SSSR count). The number of rotatable bonds is 7. The summed E-state index contributed by atoms with van der Waals surface area (Å²) in [6.07, 6.45) is 2.50. The second-order valence-electron chi connectivity index (χ2n) is 6.93. The van der Waals surface area contributed by atoms with Gasteiger partial charge in [0.1, 0.15) is 6.04 Å². The molecule has 0 spiro atoms. The Labute approximate surface area is 144 Å². The fourth-order valence-electron chi connectivity index (χ4n) is 3.15. The van der Waals surface area contributed by atoms with Gasteiger partial charge < -0.3 is 10.6 Å². The largest absolute Gasteiger partial charge is 0.348 e. The molecule has 2 atom stereocenters. The molecule has 0 radical (unpaired) electrons. The van der Waals surface area contributed by atoms with Gasteiger partial charge in [0, 0.05) is 17.2 Å². The van der Waals surface area contributed by atoms with Crippen LogP contribution in [0.5, 0.6) is 0 Å². The Bertz CT molecular complexity index is 662. The topological polar surface area (TPSA) is 45.7 Å². The minimum atomic E-state index is 0.127. The minimum Gasteiger partial charge on any atom is -0.348 e. The van der Waals surface area contributed by atoms with Crippen LogP contribution in [0.2, 0.25) is 0 Å². The monoisotopic (exact) mass is 323 g/mol. The Morgan fingerprint density at radius 1 is 1.08 bits per heavy atom. The van der Waals surface area contributed by atoms with E-state index in [0.717, 1.165) is 0 Å². The van der Waals surface area contributed by atoms with Gasteiger partial charge in [-0.1, -0.05) is 60.2 Å². The molecule has 3 nitrogen and oxygen atoms in total. The van der Waals surface area contributed by atoms with Crippen LogP contribution >= 0.6 is 0 Å². The molecule has 126 valence electrons. The number of carbonyl (C=O) groups excluding carboxylic acids is 1. The highest BCUT2D eigenvalue weighted by Gasteiger charge is 2.29. The second kappa shape index (κ2) is 7.63. The summed E-state index contributed by atoms with van der Waals surface area (Å²) in [6, 6.07) is 19.4. The summed E-state index contributed by atoms with van der Waals surface area (Å²) < 4.78 is 0. The first-order valence-corrected chi connectivity index (χ1v) is 8.87. The van der Waals surface area contributed by atoms with E-state index in [1.807, 2.05) is 6.07 Å². The number of benzene rings is 2. The lowest BCUT2D eigenvalue weighted by Gasteiger charge is -2.18. The molecular formula is C21H27N2O+. The van der Waals surface area contributed by atoms with Crippen molar-refractivity contribution in [2.75, 3.05) is 6.54 Å². The maximum Gasteiger partial charge on any atom is 0.275 e. The van der Waals surface area contributed by atoms with Gasteiger partial charge in [-0.15, -0.1) is 0 Å². The van der Waals surface area contributed by atoms with Gasteiger partial charge >= 0.3 is 0 Å². The van der Waals surface area contributed by atoms with E-state index in [-0.39, 0.29) is 11.9 Å². The molecule has 0 aromatic heterocycles. The first kappa shape index (κ1) is 16.7. The van der Waals surface area contributed by atoms with E-state index in [2.05, 4.69) is 73.0 Å². The molecule has 1 amide bonds. The van der Waals surface area contributed by atoms with E-state index in [1.165, 1.54) is 29.5 Å². The predicted octanol–water partition coefficient (Wildman–Crippen LogP) is 2.56. The number of amides is 1. The van der Waals surface area contributed by atoms with Crippen molar-refractivity contribution in [3.05, 3.63) is 71.3 Å². The first-order chi connectivity index (χ1) is 11.6. The Morgan fingerprint density at radius 2 is 1.71 bits per heavy atom. The van der Waals surface area contributed by atoms with E-state index in [4.69, 9.17) is 0 Å². The van der Waals surface area contributed by atoms with Crippen molar-refractivity contribution in [2.45, 2.75) is 38.8 Å². The SMILES string of the molecule is Cc1ccc([C@@H]([NH2+]CC(=O)N[C@H](C)C2CC2)c2ccccc2)cc1. The standard InChI is InChI=1S/C21H26N2O/c1-15-8-10-19(11-9-15)21(18-6-4-3-5-7-18)22-14-20(24)23-16(2)17-12-13-17/h3-11,16-17,21-22H,12-14H2,1-2H3,(H,23,24)/p+1/t16-,21+/m1/s1. The molecular weight excluding hydrogens is 296 g/mol. The normalized spacial score (nSPS) is 16.4. The highest BCUT2D eigenvalue weighted by molar-refractivity contribution is 5.77. The molecule has 0 saturated heterocycles. The molecule has 3 N–H and O–H groups in total. The summed E-state index contributed by atoms with van der Waals surface area (Å²) in [6.45, 7) is 4.66. The molecule has 2 aromatic carbocycles. The number of aryl methyl sites for hydroxylation is 1. The van der Waals surface area contributed by atoms with Crippen LogP contribution in [0.4, 0.5) is 0 Å². The molecule has 1 aliphatic carbocycles. The third-order valence-electron chi connectivity index (χ3n) is 4.85. The Balaban J connectivity index is 1.68. The van der Waals surface area contributed by atoms with Gasteiger partial charge in [-0.2, -0.15) is 0 Å². The van der Waals surface area contributed by atoms with Crippen molar-refractivity contribution in [3.63, 3.8) is 0 Å². The molecule has 1 saturated carbocycles. The van der Waals surface area contributed by atoms with Crippen LogP contribution in [0, 0.1) is 12.8 Å². The van der Waals surface area contributed by atoms with Crippen LogP contribution in [0.15, 0.2) is 54.6 Å². The van der Waals surface area contributed by atoms with Crippen LogP contribution in [0.25, 0.3) is 0 Å². The summed E-state index contributed by atoms with van der Waals surface area (Å²) in [5, 5.41) is 5.27. The average Bonchev–Trinajstić information content (AvgIpc) is 3.42. The van der Waals surface area contributed by atoms with Crippen LogP contribution in [0.1, 0.15) is 42.5 Å². The van der Waals surface area contributed by atoms with Gasteiger partial charge in [0.2, 0.25) is 0 Å². The number of nitrogens with two attached hydrogens (primary N) is 1. The molecule has 1 fully saturated rings. The number of hydrogen-bond acceptors (Lipinski definition) is 1. The summed E-state index contributed by atoms with van der Waals surface area (Å²) in [5.41, 5.74) is 3.71. The molecule has 1 aliphatic rings. The molecule has 2 aromatic rings. The molecule has 0 bridgehead atoms. The van der Waals surface area contributed by atoms with Gasteiger partial charge in [0.15, 0.2) is 6.54 Å². The van der Waals surface area contributed by atoms with Crippen molar-refractivity contribution in [3.8, 4) is 0 Å². The van der Waals surface area contributed by atoms with Gasteiger partial charge in [-0.25, -0.2) is 0 Å². The smallest absolute Gasteiger partial charge is 0.275 e. The lowest BCUT2D eigenvalue weighted by molar-refractivity contribution is -0.676. The Kier molecular flexibility index (Phi) is 5.31. The fourth-order valence-corrected chi connectivity index (χ4v) is 3.15. The lowest BCUT2D eigenvalue weighted by atomic mass is 9.98. The first-order valence-electron chi connectivity index (χ1n) is 8.87. The van der Waals surface area contributed by atoms with E-state index < -0.39 is 0 Å². The van der Waals surface area contributed by atoms with Gasteiger partial charge in [-0.3, -0.25) is 4.79 Å². The molecule has 0 aliphatic heterocycles. The van der Waals surface area contributed by atoms with E-state index in [9.17, 15) is 4.79 Å². The van der Waals surface area contributed by atoms with Gasteiger partial charge in [0.25, 0.3) is 5.91 Å². The molecule has 24 heavy (non-hydrogen) atoms. The quantitative estimate of drug-likeness (QED) is 0.808. The van der Waals surface area contributed by atoms with Crippen molar-refractivity contribution in [1.82, 2.24) is 5.32 Å². The maximum atomic E-state index is 12.3. The summed E-state index contributed by atoms with van der Waals surface area (Å²) in [7, 11) is 0. The van der Waals surface area contributed by atoms with Crippen molar-refractivity contribution in [1.29, 1.82) is 0 Å². The van der Waals surface area contributed by atoms with Crippen LogP contribution in [0.3, 0.4) is 0 Å². The Morgan fingerprint density at radius 3 is 2.33 bits per heavy atom. The molecule has 3 heteroatoms. The second-order valence-corrected chi connectivity index (χ2v) is 6.93. The van der Waals surface area contributed by atoms with Crippen LogP contribution in [-0.4, -0.2) is 18.5 Å². The van der Waals surface area contributed by atoms with Gasteiger partial charge in [0.05, 0.1) is 0 Å². The van der Waals surface area contributed by atoms with Crippen molar-refractivity contribution >= 4 is 5.91 Å². The number of carbonyl (C=O) groups is 1. The highest BCUT2D eigenvalue weighted by atomic mass is 16.2. The molecule has 0 unspecified atom stereocenters. The van der Waals surface area contributed by atoms with E-state index in [0.29, 0.717) is 18.5 Å². The van der Waals surface area contributed by atoms with E-state index in [1.54, 1.807) is 0 Å². The lowest BCUT2D eigenvalue weighted by Crippen LogP contribution is -2.87. The summed E-state index contributed by atoms with van der Waals surface area (Å²) in [5.74, 6) is 0.818. The van der Waals surface area contributed by atoms with Crippen LogP contribution in [-0.2, 0) is 4.79 Å². The summed E-state index contributed by atoms with van der Waals surface area (Å²) in [4.78, 5) is 12.3. The minimum absolute atomic E-state index is 0.127. The van der Waals surface area contributed by atoms with E-state index >= 15 is 0 Å². The maximum absolute atomic E-state index is 12.3. The third kappa shape index (κ3) is 4.45. The predicted molar refractivity (Wildman–Crippen MR) is 96.6 cm³/mol. The average molecular weight is 323 g/mol. The van der Waals surface area contributed by atoms with Gasteiger partial charge in [-0.05, 0) is 32.6 Å². The Hall–Kier alpha value is -2.13. The van der Waals surface area contributed by atoms with Crippen molar-refractivity contribution in [2.24, 2.45) is 5.92 Å². The zero-order valence-corrected chi connectivity index (χ0v) is 14.5. The number of nitrogens with one attached hydrogen (secondary N) is 1. The zero-order chi connectivity index (χ0) is 16.9. The van der Waals surface area contributed by atoms with Crippen molar-refractivity contribution < 1.29 is 10.1 Å². The van der Waals surface area contributed by atoms with Crippen LogP contribution < -0.4 is 10.6 Å². The number of quaternary nitrogens is 1. The zero-order valence-electron chi connectivity index (χ0n) is 14.5. The highest BCUT2D eigenvalue weighted by Crippen LogP contribution is 2.32.